The SMILES string of the molecule is COc1cc(C[C@H](NC(=O)OCC2c3ccccc3-c3ccccc32)C(=O)O)ccc1F. The number of benzene rings is 3. The third-order valence-corrected chi connectivity index (χ3v) is 5.59. The molecule has 2 N–H and O–H groups in total. The summed E-state index contributed by atoms with van der Waals surface area (Å²) in [4.78, 5) is 24.1. The second-order valence-corrected chi connectivity index (χ2v) is 7.53. The monoisotopic (exact) mass is 435 g/mol. The standard InChI is InChI=1S/C25H22FNO5/c1-31-23-13-15(10-11-21(23)26)12-22(24(28)29)27-25(30)32-14-20-18-8-4-2-6-16(18)17-7-3-5-9-19(17)20/h2-11,13,20,22H,12,14H2,1H3,(H,27,30)(H,28,29)/t22-/m0/s1. The number of carboxylic acid groups (broad SMARTS) is 1. The predicted molar refractivity (Wildman–Crippen MR) is 116 cm³/mol. The normalized spacial score (nSPS) is 13.1. The van der Waals surface area contributed by atoms with Crippen LogP contribution in [0.5, 0.6) is 5.75 Å². The van der Waals surface area contributed by atoms with Crippen molar-refractivity contribution in [2.75, 3.05) is 13.7 Å². The lowest BCUT2D eigenvalue weighted by Gasteiger charge is -2.18. The summed E-state index contributed by atoms with van der Waals surface area (Å²) in [5.74, 6) is -1.89. The zero-order valence-electron chi connectivity index (χ0n) is 17.4. The van der Waals surface area contributed by atoms with E-state index in [4.69, 9.17) is 9.47 Å². The highest BCUT2D eigenvalue weighted by Crippen LogP contribution is 2.44. The molecule has 0 aliphatic heterocycles. The van der Waals surface area contributed by atoms with Crippen LogP contribution in [0.4, 0.5) is 9.18 Å². The van der Waals surface area contributed by atoms with Gasteiger partial charge < -0.3 is 19.9 Å². The van der Waals surface area contributed by atoms with E-state index in [-0.39, 0.29) is 24.7 Å². The third kappa shape index (κ3) is 4.27. The summed E-state index contributed by atoms with van der Waals surface area (Å²) < 4.78 is 24.0. The number of carboxylic acids is 1. The number of methoxy groups -OCH3 is 1. The molecule has 32 heavy (non-hydrogen) atoms. The van der Waals surface area contributed by atoms with Crippen LogP contribution in [-0.4, -0.2) is 36.9 Å². The highest BCUT2D eigenvalue weighted by atomic mass is 19.1. The van der Waals surface area contributed by atoms with Crippen LogP contribution in [0.1, 0.15) is 22.6 Å². The Kier molecular flexibility index (Phi) is 6.07. The number of nitrogens with one attached hydrogen (secondary N) is 1. The third-order valence-electron chi connectivity index (χ3n) is 5.59. The molecule has 0 spiro atoms. The summed E-state index contributed by atoms with van der Waals surface area (Å²) in [6.07, 6.45) is -0.871. The largest absolute Gasteiger partial charge is 0.494 e. The minimum atomic E-state index is -1.24. The van der Waals surface area contributed by atoms with Crippen molar-refractivity contribution in [3.8, 4) is 16.9 Å². The van der Waals surface area contributed by atoms with Crippen LogP contribution in [0.15, 0.2) is 66.7 Å². The molecule has 6 nitrogen and oxygen atoms in total. The molecule has 7 heteroatoms. The minimum absolute atomic E-state index is 0.00720. The maximum absolute atomic E-state index is 13.6. The minimum Gasteiger partial charge on any atom is -0.494 e. The molecule has 0 saturated heterocycles. The summed E-state index contributed by atoms with van der Waals surface area (Å²) in [5, 5.41) is 11.9. The summed E-state index contributed by atoms with van der Waals surface area (Å²) in [6, 6.07) is 18.7. The fraction of sp³-hybridized carbons (Fsp3) is 0.200. The molecule has 1 atom stereocenters. The van der Waals surface area contributed by atoms with Gasteiger partial charge in [0.25, 0.3) is 0 Å². The van der Waals surface area contributed by atoms with E-state index >= 15 is 0 Å². The summed E-state index contributed by atoms with van der Waals surface area (Å²) >= 11 is 0. The first kappa shape index (κ1) is 21.4. The molecule has 1 aliphatic carbocycles. The molecule has 0 fully saturated rings. The van der Waals surface area contributed by atoms with Crippen LogP contribution in [0.2, 0.25) is 0 Å². The lowest BCUT2D eigenvalue weighted by molar-refractivity contribution is -0.139. The van der Waals surface area contributed by atoms with Crippen molar-refractivity contribution in [2.24, 2.45) is 0 Å². The van der Waals surface area contributed by atoms with Gasteiger partial charge in [0.1, 0.15) is 12.6 Å². The smallest absolute Gasteiger partial charge is 0.407 e. The van der Waals surface area contributed by atoms with Gasteiger partial charge in [0, 0.05) is 12.3 Å². The molecule has 0 aromatic heterocycles. The Hall–Kier alpha value is -3.87. The molecule has 0 saturated carbocycles. The van der Waals surface area contributed by atoms with E-state index in [1.807, 2.05) is 48.5 Å². The lowest BCUT2D eigenvalue weighted by atomic mass is 9.98. The van der Waals surface area contributed by atoms with Gasteiger partial charge in [-0.2, -0.15) is 0 Å². The van der Waals surface area contributed by atoms with Crippen LogP contribution in [0.25, 0.3) is 11.1 Å². The molecular formula is C25H22FNO5. The Morgan fingerprint density at radius 3 is 2.25 bits per heavy atom. The van der Waals surface area contributed by atoms with Crippen molar-refractivity contribution in [1.29, 1.82) is 0 Å². The Labute approximate surface area is 184 Å². The van der Waals surface area contributed by atoms with E-state index in [2.05, 4.69) is 5.32 Å². The average molecular weight is 435 g/mol. The Morgan fingerprint density at radius 2 is 1.66 bits per heavy atom. The number of aliphatic carboxylic acids is 1. The lowest BCUT2D eigenvalue weighted by Crippen LogP contribution is -2.42. The van der Waals surface area contributed by atoms with Crippen LogP contribution in [0.3, 0.4) is 0 Å². The van der Waals surface area contributed by atoms with Gasteiger partial charge in [-0.25, -0.2) is 14.0 Å². The van der Waals surface area contributed by atoms with Gasteiger partial charge in [-0.15, -0.1) is 0 Å². The molecule has 164 valence electrons. The highest BCUT2D eigenvalue weighted by molar-refractivity contribution is 5.81. The Morgan fingerprint density at radius 1 is 1.03 bits per heavy atom. The Balaban J connectivity index is 1.43. The Bertz CT molecular complexity index is 1120. The highest BCUT2D eigenvalue weighted by Gasteiger charge is 2.29. The second kappa shape index (κ2) is 9.09. The summed E-state index contributed by atoms with van der Waals surface area (Å²) in [7, 11) is 1.33. The zero-order chi connectivity index (χ0) is 22.7. The van der Waals surface area contributed by atoms with Gasteiger partial charge in [-0.05, 0) is 39.9 Å². The fourth-order valence-corrected chi connectivity index (χ4v) is 4.05. The maximum Gasteiger partial charge on any atom is 0.407 e. The number of halogens is 1. The van der Waals surface area contributed by atoms with Crippen LogP contribution < -0.4 is 10.1 Å². The van der Waals surface area contributed by atoms with E-state index in [0.717, 1.165) is 22.3 Å². The van der Waals surface area contributed by atoms with Crippen LogP contribution >= 0.6 is 0 Å². The van der Waals surface area contributed by atoms with Gasteiger partial charge >= 0.3 is 12.1 Å². The molecule has 0 heterocycles. The topological polar surface area (TPSA) is 84.9 Å². The van der Waals surface area contributed by atoms with Crippen LogP contribution in [-0.2, 0) is 16.0 Å². The van der Waals surface area contributed by atoms with E-state index in [1.54, 1.807) is 0 Å². The van der Waals surface area contributed by atoms with Crippen molar-refractivity contribution in [3.63, 3.8) is 0 Å². The molecule has 1 aliphatic rings. The number of rotatable bonds is 7. The van der Waals surface area contributed by atoms with Crippen molar-refractivity contribution in [2.45, 2.75) is 18.4 Å². The molecule has 0 radical (unpaired) electrons. The van der Waals surface area contributed by atoms with Crippen LogP contribution in [0, 0.1) is 5.82 Å². The number of hydrogen-bond donors (Lipinski definition) is 2. The first-order valence-electron chi connectivity index (χ1n) is 10.1. The number of fused-ring (bicyclic) bond motifs is 3. The van der Waals surface area contributed by atoms with E-state index in [9.17, 15) is 19.1 Å². The maximum atomic E-state index is 13.6. The van der Waals surface area contributed by atoms with Gasteiger partial charge in [-0.3, -0.25) is 0 Å². The molecule has 1 amide bonds. The molecule has 0 bridgehead atoms. The number of carbonyl (C=O) groups is 2. The summed E-state index contributed by atoms with van der Waals surface area (Å²) in [5.41, 5.74) is 4.84. The fourth-order valence-electron chi connectivity index (χ4n) is 4.05. The molecule has 3 aromatic carbocycles. The van der Waals surface area contributed by atoms with Crippen molar-refractivity contribution in [1.82, 2.24) is 5.32 Å². The van der Waals surface area contributed by atoms with Gasteiger partial charge in [0.2, 0.25) is 0 Å². The summed E-state index contributed by atoms with van der Waals surface area (Å²) in [6.45, 7) is 0.0799. The van der Waals surface area contributed by atoms with Crippen molar-refractivity contribution >= 4 is 12.1 Å². The van der Waals surface area contributed by atoms with Crippen molar-refractivity contribution in [3.05, 3.63) is 89.2 Å². The predicted octanol–water partition coefficient (Wildman–Crippen LogP) is 4.37. The van der Waals surface area contributed by atoms with E-state index in [1.165, 1.54) is 25.3 Å². The molecule has 4 rings (SSSR count). The van der Waals surface area contributed by atoms with Crippen molar-refractivity contribution < 1.29 is 28.6 Å². The quantitative estimate of drug-likeness (QED) is 0.576. The number of amides is 1. The van der Waals surface area contributed by atoms with E-state index < -0.39 is 23.9 Å². The number of ether oxygens (including phenoxy) is 2. The molecule has 3 aromatic rings. The van der Waals surface area contributed by atoms with E-state index in [0.29, 0.717) is 5.56 Å². The van der Waals surface area contributed by atoms with Gasteiger partial charge in [0.15, 0.2) is 11.6 Å². The first-order valence-corrected chi connectivity index (χ1v) is 10.1. The molecular weight excluding hydrogens is 413 g/mol. The second-order valence-electron chi connectivity index (χ2n) is 7.53. The first-order chi connectivity index (χ1) is 15.5. The molecule has 0 unspecified atom stereocenters. The number of carbonyl (C=O) groups excluding carboxylic acids is 1. The zero-order valence-corrected chi connectivity index (χ0v) is 17.4. The van der Waals surface area contributed by atoms with Gasteiger partial charge in [0.05, 0.1) is 7.11 Å². The number of hydrogen-bond acceptors (Lipinski definition) is 4. The number of alkyl carbamates (subject to hydrolysis) is 1. The van der Waals surface area contributed by atoms with Gasteiger partial charge in [-0.1, -0.05) is 54.6 Å². The average Bonchev–Trinajstić information content (AvgIpc) is 3.12.